The van der Waals surface area contributed by atoms with Gasteiger partial charge < -0.3 is 11.1 Å². The van der Waals surface area contributed by atoms with Crippen LogP contribution in [0.25, 0.3) is 10.9 Å². The number of pyridine rings is 1. The number of nitrogens with two attached hydrogens (primary N) is 1. The van der Waals surface area contributed by atoms with Crippen molar-refractivity contribution in [1.82, 2.24) is 4.98 Å². The van der Waals surface area contributed by atoms with Gasteiger partial charge >= 0.3 is 0 Å². The second-order valence-corrected chi connectivity index (χ2v) is 5.11. The van der Waals surface area contributed by atoms with Crippen LogP contribution < -0.4 is 11.1 Å². The number of aromatic nitrogens is 1. The maximum Gasteiger partial charge on any atom is 0.0951 e. The predicted molar refractivity (Wildman–Crippen MR) is 76.6 cm³/mol. The van der Waals surface area contributed by atoms with Crippen LogP contribution in [-0.4, -0.2) is 11.5 Å². The summed E-state index contributed by atoms with van der Waals surface area (Å²) < 4.78 is 0. The minimum Gasteiger partial charge on any atom is -0.397 e. The van der Waals surface area contributed by atoms with Gasteiger partial charge in [0, 0.05) is 23.8 Å². The first-order valence-electron chi connectivity index (χ1n) is 6.71. The Morgan fingerprint density at radius 2 is 2.17 bits per heavy atom. The van der Waals surface area contributed by atoms with Gasteiger partial charge in [-0.15, -0.1) is 0 Å². The van der Waals surface area contributed by atoms with Gasteiger partial charge in [-0.25, -0.2) is 0 Å². The van der Waals surface area contributed by atoms with E-state index in [4.69, 9.17) is 5.73 Å². The summed E-state index contributed by atoms with van der Waals surface area (Å²) in [4.78, 5) is 4.34. The molecule has 0 bridgehead atoms. The zero-order valence-electron chi connectivity index (χ0n) is 10.5. The summed E-state index contributed by atoms with van der Waals surface area (Å²) in [5, 5.41) is 4.62. The Labute approximate surface area is 107 Å². The van der Waals surface area contributed by atoms with Crippen molar-refractivity contribution in [3.63, 3.8) is 0 Å². The molecule has 18 heavy (non-hydrogen) atoms. The van der Waals surface area contributed by atoms with E-state index in [0.29, 0.717) is 0 Å². The highest BCUT2D eigenvalue weighted by molar-refractivity contribution is 5.97. The van der Waals surface area contributed by atoms with E-state index in [-0.39, 0.29) is 0 Å². The summed E-state index contributed by atoms with van der Waals surface area (Å²) in [5.74, 6) is 1.01. The van der Waals surface area contributed by atoms with Crippen LogP contribution in [0.15, 0.2) is 30.5 Å². The first-order valence-corrected chi connectivity index (χ1v) is 6.71. The lowest BCUT2D eigenvalue weighted by Crippen LogP contribution is -2.03. The summed E-state index contributed by atoms with van der Waals surface area (Å²) in [6.45, 7) is 1.03. The maximum absolute atomic E-state index is 5.94. The minimum absolute atomic E-state index is 0.745. The van der Waals surface area contributed by atoms with Gasteiger partial charge in [0.25, 0.3) is 0 Å². The van der Waals surface area contributed by atoms with E-state index in [0.717, 1.165) is 34.7 Å². The molecule has 1 saturated carbocycles. The maximum atomic E-state index is 5.94. The first-order chi connectivity index (χ1) is 8.84. The number of fused-ring (bicyclic) bond motifs is 1. The van der Waals surface area contributed by atoms with Crippen molar-refractivity contribution in [2.24, 2.45) is 5.92 Å². The van der Waals surface area contributed by atoms with Crippen LogP contribution in [0, 0.1) is 5.92 Å². The van der Waals surface area contributed by atoms with Crippen molar-refractivity contribution in [1.29, 1.82) is 0 Å². The highest BCUT2D eigenvalue weighted by Crippen LogP contribution is 2.33. The molecule has 3 N–H and O–H groups in total. The second kappa shape index (κ2) is 4.84. The Bertz CT molecular complexity index is 546. The zero-order chi connectivity index (χ0) is 12.4. The van der Waals surface area contributed by atoms with Gasteiger partial charge in [0.05, 0.1) is 11.2 Å². The van der Waals surface area contributed by atoms with Crippen LogP contribution in [0.3, 0.4) is 0 Å². The fraction of sp³-hybridized carbons (Fsp3) is 0.400. The highest BCUT2D eigenvalue weighted by Gasteiger charge is 2.19. The van der Waals surface area contributed by atoms with E-state index in [1.165, 1.54) is 25.7 Å². The number of nitrogens with one attached hydrogen (secondary N) is 1. The average Bonchev–Trinajstić information content (AvgIpc) is 3.20. The van der Waals surface area contributed by atoms with Gasteiger partial charge in [0.1, 0.15) is 0 Å². The number of nitrogens with zero attached hydrogens (tertiary/aromatic N) is 1. The lowest BCUT2D eigenvalue weighted by Gasteiger charge is -2.10. The van der Waals surface area contributed by atoms with Gasteiger partial charge in [-0.05, 0) is 30.9 Å². The van der Waals surface area contributed by atoms with Gasteiger partial charge in [-0.1, -0.05) is 25.0 Å². The summed E-state index contributed by atoms with van der Waals surface area (Å²) in [6.07, 6.45) is 7.31. The zero-order valence-corrected chi connectivity index (χ0v) is 10.5. The normalized spacial score (nSPS) is 14.9. The summed E-state index contributed by atoms with van der Waals surface area (Å²) >= 11 is 0. The van der Waals surface area contributed by atoms with Crippen LogP contribution >= 0.6 is 0 Å². The van der Waals surface area contributed by atoms with Crippen molar-refractivity contribution in [2.45, 2.75) is 25.7 Å². The van der Waals surface area contributed by atoms with E-state index in [1.807, 2.05) is 24.4 Å². The lowest BCUT2D eigenvalue weighted by molar-refractivity contribution is 0.687. The molecular weight excluding hydrogens is 222 g/mol. The molecular formula is C15H19N3. The van der Waals surface area contributed by atoms with Gasteiger partial charge in [-0.3, -0.25) is 4.98 Å². The molecule has 1 aliphatic carbocycles. The molecule has 3 rings (SSSR count). The molecule has 0 amide bonds. The molecule has 94 valence electrons. The third-order valence-corrected chi connectivity index (χ3v) is 3.60. The van der Waals surface area contributed by atoms with Crippen LogP contribution in [0.1, 0.15) is 25.7 Å². The molecule has 0 aliphatic heterocycles. The quantitative estimate of drug-likeness (QED) is 0.623. The SMILES string of the molecule is Nc1cccc2c(NCCCC3CC3)ccnc12. The minimum atomic E-state index is 0.745. The summed E-state index contributed by atoms with van der Waals surface area (Å²) in [5.41, 5.74) is 8.72. The Kier molecular flexibility index (Phi) is 3.05. The van der Waals surface area contributed by atoms with E-state index in [9.17, 15) is 0 Å². The first kappa shape index (κ1) is 11.3. The third kappa shape index (κ3) is 2.40. The molecule has 0 atom stereocenters. The molecule has 3 heteroatoms. The fourth-order valence-electron chi connectivity index (χ4n) is 2.37. The topological polar surface area (TPSA) is 50.9 Å². The molecule has 2 aromatic rings. The number of rotatable bonds is 5. The van der Waals surface area contributed by atoms with E-state index >= 15 is 0 Å². The van der Waals surface area contributed by atoms with E-state index in [2.05, 4.69) is 16.4 Å². The molecule has 0 saturated heterocycles. The van der Waals surface area contributed by atoms with Crippen molar-refractivity contribution >= 4 is 22.3 Å². The Morgan fingerprint density at radius 1 is 1.28 bits per heavy atom. The summed E-state index contributed by atoms with van der Waals surface area (Å²) in [6, 6.07) is 7.97. The number of para-hydroxylation sites is 1. The van der Waals surface area contributed by atoms with E-state index in [1.54, 1.807) is 0 Å². The molecule has 0 spiro atoms. The van der Waals surface area contributed by atoms with Crippen LogP contribution in [0.2, 0.25) is 0 Å². The Morgan fingerprint density at radius 3 is 3.00 bits per heavy atom. The predicted octanol–water partition coefficient (Wildman–Crippen LogP) is 3.42. The van der Waals surface area contributed by atoms with Crippen LogP contribution in [-0.2, 0) is 0 Å². The molecule has 1 fully saturated rings. The van der Waals surface area contributed by atoms with Crippen molar-refractivity contribution in [2.75, 3.05) is 17.6 Å². The van der Waals surface area contributed by atoms with Crippen LogP contribution in [0.5, 0.6) is 0 Å². The monoisotopic (exact) mass is 241 g/mol. The standard InChI is InChI=1S/C15H19N3/c16-13-5-1-4-12-14(8-10-18-15(12)13)17-9-2-3-11-6-7-11/h1,4-5,8,10-11H,2-3,6-7,9,16H2,(H,17,18). The molecule has 1 heterocycles. The third-order valence-electron chi connectivity index (χ3n) is 3.60. The smallest absolute Gasteiger partial charge is 0.0951 e. The molecule has 1 aliphatic rings. The van der Waals surface area contributed by atoms with Crippen molar-refractivity contribution < 1.29 is 0 Å². The highest BCUT2D eigenvalue weighted by atomic mass is 14.9. The average molecular weight is 241 g/mol. The molecule has 1 aromatic carbocycles. The molecule has 0 unspecified atom stereocenters. The van der Waals surface area contributed by atoms with E-state index < -0.39 is 0 Å². The Balaban J connectivity index is 1.72. The van der Waals surface area contributed by atoms with Crippen molar-refractivity contribution in [3.8, 4) is 0 Å². The Hall–Kier alpha value is -1.77. The van der Waals surface area contributed by atoms with Gasteiger partial charge in [0.15, 0.2) is 0 Å². The fourth-order valence-corrected chi connectivity index (χ4v) is 2.37. The molecule has 0 radical (unpaired) electrons. The largest absolute Gasteiger partial charge is 0.397 e. The number of hydrogen-bond donors (Lipinski definition) is 2. The second-order valence-electron chi connectivity index (χ2n) is 5.11. The number of hydrogen-bond acceptors (Lipinski definition) is 3. The van der Waals surface area contributed by atoms with Gasteiger partial charge in [0.2, 0.25) is 0 Å². The number of benzene rings is 1. The lowest BCUT2D eigenvalue weighted by atomic mass is 10.1. The number of nitrogen functional groups attached to an aromatic ring is 1. The van der Waals surface area contributed by atoms with Crippen molar-refractivity contribution in [3.05, 3.63) is 30.5 Å². The van der Waals surface area contributed by atoms with Gasteiger partial charge in [-0.2, -0.15) is 0 Å². The molecule has 3 nitrogen and oxygen atoms in total. The van der Waals surface area contributed by atoms with Crippen LogP contribution in [0.4, 0.5) is 11.4 Å². The molecule has 1 aromatic heterocycles. The summed E-state index contributed by atoms with van der Waals surface area (Å²) in [7, 11) is 0. The number of anilines is 2.